The Balaban J connectivity index is 1.84. The summed E-state index contributed by atoms with van der Waals surface area (Å²) >= 11 is 1.15. The van der Waals surface area contributed by atoms with Crippen LogP contribution in [0.15, 0.2) is 26.7 Å². The van der Waals surface area contributed by atoms with E-state index in [4.69, 9.17) is 4.42 Å². The van der Waals surface area contributed by atoms with Gasteiger partial charge in [-0.3, -0.25) is 14.2 Å². The van der Waals surface area contributed by atoms with Gasteiger partial charge in [0.25, 0.3) is 0 Å². The lowest BCUT2D eigenvalue weighted by molar-refractivity contribution is -0.134. The fraction of sp³-hybridized carbons (Fsp3) is 0.556. The lowest BCUT2D eigenvalue weighted by Gasteiger charge is -2.29. The Bertz CT molecular complexity index is 758. The van der Waals surface area contributed by atoms with Gasteiger partial charge in [0, 0.05) is 24.0 Å². The number of thiazole rings is 1. The summed E-state index contributed by atoms with van der Waals surface area (Å²) in [6.07, 6.45) is 4.98. The summed E-state index contributed by atoms with van der Waals surface area (Å²) in [5.74, 6) is 1.82. The maximum absolute atomic E-state index is 12.9. The molecule has 0 saturated carbocycles. The van der Waals surface area contributed by atoms with Gasteiger partial charge in [-0.05, 0) is 31.9 Å². The molecule has 1 saturated heterocycles. The van der Waals surface area contributed by atoms with E-state index in [0.717, 1.165) is 67.2 Å². The third kappa shape index (κ3) is 3.48. The lowest BCUT2D eigenvalue weighted by Crippen LogP contribution is -2.38. The molecule has 0 bridgehead atoms. The van der Waals surface area contributed by atoms with Gasteiger partial charge in [0.1, 0.15) is 18.1 Å². The first kappa shape index (κ1) is 17.0. The van der Waals surface area contributed by atoms with Crippen molar-refractivity contribution in [3.8, 4) is 0 Å². The number of likely N-dealkylation sites (tertiary alicyclic amines) is 1. The molecule has 0 aromatic carbocycles. The molecule has 5 nitrogen and oxygen atoms in total. The molecule has 6 heteroatoms. The van der Waals surface area contributed by atoms with Gasteiger partial charge in [-0.2, -0.15) is 0 Å². The molecule has 1 aliphatic heterocycles. The summed E-state index contributed by atoms with van der Waals surface area (Å²) in [5.41, 5.74) is 0.844. The molecule has 0 spiro atoms. The van der Waals surface area contributed by atoms with Crippen LogP contribution < -0.4 is 4.87 Å². The van der Waals surface area contributed by atoms with E-state index in [0.29, 0.717) is 0 Å². The highest BCUT2D eigenvalue weighted by Gasteiger charge is 2.29. The van der Waals surface area contributed by atoms with Crippen molar-refractivity contribution < 1.29 is 9.21 Å². The number of furan rings is 1. The van der Waals surface area contributed by atoms with Crippen molar-refractivity contribution in [3.05, 3.63) is 44.4 Å². The molecule has 2 aromatic rings. The zero-order valence-electron chi connectivity index (χ0n) is 14.3. The van der Waals surface area contributed by atoms with E-state index in [1.165, 1.54) is 0 Å². The highest BCUT2D eigenvalue weighted by molar-refractivity contribution is 7.07. The molecule has 0 unspecified atom stereocenters. The van der Waals surface area contributed by atoms with E-state index in [9.17, 15) is 9.59 Å². The van der Waals surface area contributed by atoms with Gasteiger partial charge >= 0.3 is 4.87 Å². The second-order valence-electron chi connectivity index (χ2n) is 6.34. The summed E-state index contributed by atoms with van der Waals surface area (Å²) in [4.78, 5) is 26.7. The molecule has 0 aliphatic carbocycles. The highest BCUT2D eigenvalue weighted by Crippen LogP contribution is 2.31. The lowest BCUT2D eigenvalue weighted by atomic mass is 10.1. The monoisotopic (exact) mass is 348 g/mol. The van der Waals surface area contributed by atoms with Crippen molar-refractivity contribution in [1.82, 2.24) is 9.47 Å². The van der Waals surface area contributed by atoms with Crippen LogP contribution in [0.3, 0.4) is 0 Å². The number of hydrogen-bond donors (Lipinski definition) is 0. The molecule has 1 amide bonds. The Hall–Kier alpha value is -1.82. The van der Waals surface area contributed by atoms with Gasteiger partial charge in [-0.25, -0.2) is 0 Å². The topological polar surface area (TPSA) is 55.5 Å². The standard InChI is InChI=1S/C18H24N2O3S/c1-3-14-8-9-16(23-14)15-7-5-4-6-10-19(15)17(21)11-20-13(2)12-24-18(20)22/h8-9,12,15H,3-7,10-11H2,1-2H3/t15-/m1/s1. The first-order valence-corrected chi connectivity index (χ1v) is 9.51. The van der Waals surface area contributed by atoms with Crippen LogP contribution in [0.5, 0.6) is 0 Å². The number of amides is 1. The number of nitrogens with zero attached hydrogens (tertiary/aromatic N) is 2. The average molecular weight is 348 g/mol. The molecule has 3 rings (SSSR count). The van der Waals surface area contributed by atoms with E-state index in [1.54, 1.807) is 9.95 Å². The molecule has 1 fully saturated rings. The number of hydrogen-bond acceptors (Lipinski definition) is 4. The number of aromatic nitrogens is 1. The minimum absolute atomic E-state index is 0.0000477. The molecule has 1 atom stereocenters. The van der Waals surface area contributed by atoms with Crippen LogP contribution in [0.4, 0.5) is 0 Å². The summed E-state index contributed by atoms with van der Waals surface area (Å²) in [6, 6.07) is 3.97. The molecular formula is C18H24N2O3S. The zero-order valence-corrected chi connectivity index (χ0v) is 15.1. The van der Waals surface area contributed by atoms with Crippen LogP contribution in [-0.2, 0) is 17.8 Å². The summed E-state index contributed by atoms with van der Waals surface area (Å²) in [7, 11) is 0. The number of carbonyl (C=O) groups excluding carboxylic acids is 1. The summed E-state index contributed by atoms with van der Waals surface area (Å²) in [6.45, 7) is 4.77. The summed E-state index contributed by atoms with van der Waals surface area (Å²) < 4.78 is 7.49. The second kappa shape index (κ2) is 7.38. The Morgan fingerprint density at radius 3 is 2.83 bits per heavy atom. The first-order chi connectivity index (χ1) is 11.6. The highest BCUT2D eigenvalue weighted by atomic mass is 32.1. The van der Waals surface area contributed by atoms with Crippen molar-refractivity contribution in [2.45, 2.75) is 58.5 Å². The molecule has 130 valence electrons. The van der Waals surface area contributed by atoms with E-state index in [1.807, 2.05) is 24.0 Å². The van der Waals surface area contributed by atoms with Crippen LogP contribution in [0.2, 0.25) is 0 Å². The van der Waals surface area contributed by atoms with Crippen molar-refractivity contribution in [1.29, 1.82) is 0 Å². The minimum atomic E-state index is -0.0708. The van der Waals surface area contributed by atoms with Gasteiger partial charge in [0.2, 0.25) is 5.91 Å². The van der Waals surface area contributed by atoms with Crippen LogP contribution >= 0.6 is 11.3 Å². The van der Waals surface area contributed by atoms with E-state index in [2.05, 4.69) is 6.92 Å². The maximum atomic E-state index is 12.9. The zero-order chi connectivity index (χ0) is 17.1. The van der Waals surface area contributed by atoms with E-state index >= 15 is 0 Å². The van der Waals surface area contributed by atoms with Gasteiger partial charge in [-0.1, -0.05) is 31.1 Å². The summed E-state index contributed by atoms with van der Waals surface area (Å²) in [5, 5.41) is 1.80. The maximum Gasteiger partial charge on any atom is 0.307 e. The van der Waals surface area contributed by atoms with Crippen LogP contribution in [0.1, 0.15) is 55.9 Å². The molecular weight excluding hydrogens is 324 g/mol. The SMILES string of the molecule is CCc1ccc([C@H]2CCCCCN2C(=O)Cn2c(C)csc2=O)o1. The van der Waals surface area contributed by atoms with Crippen LogP contribution in [0.25, 0.3) is 0 Å². The van der Waals surface area contributed by atoms with Crippen molar-refractivity contribution >= 4 is 17.2 Å². The minimum Gasteiger partial charge on any atom is -0.464 e. The van der Waals surface area contributed by atoms with Crippen molar-refractivity contribution in [2.75, 3.05) is 6.54 Å². The van der Waals surface area contributed by atoms with E-state index in [-0.39, 0.29) is 23.4 Å². The fourth-order valence-electron chi connectivity index (χ4n) is 3.29. The normalized spacial score (nSPS) is 18.6. The van der Waals surface area contributed by atoms with Gasteiger partial charge in [-0.15, -0.1) is 0 Å². The molecule has 24 heavy (non-hydrogen) atoms. The molecule has 0 radical (unpaired) electrons. The van der Waals surface area contributed by atoms with Crippen LogP contribution in [0, 0.1) is 6.92 Å². The quantitative estimate of drug-likeness (QED) is 0.849. The predicted molar refractivity (Wildman–Crippen MR) is 94.3 cm³/mol. The third-order valence-electron chi connectivity index (χ3n) is 4.70. The first-order valence-electron chi connectivity index (χ1n) is 8.63. The molecule has 3 heterocycles. The molecule has 0 N–H and O–H groups in total. The fourth-order valence-corrected chi connectivity index (χ4v) is 4.02. The smallest absolute Gasteiger partial charge is 0.307 e. The number of aryl methyl sites for hydroxylation is 2. The van der Waals surface area contributed by atoms with Gasteiger partial charge < -0.3 is 9.32 Å². The van der Waals surface area contributed by atoms with Gasteiger partial charge in [0.05, 0.1) is 6.04 Å². The Labute approximate surface area is 145 Å². The van der Waals surface area contributed by atoms with Crippen LogP contribution in [-0.4, -0.2) is 21.9 Å². The predicted octanol–water partition coefficient (Wildman–Crippen LogP) is 3.52. The molecule has 2 aromatic heterocycles. The average Bonchev–Trinajstić information content (AvgIpc) is 3.08. The Morgan fingerprint density at radius 2 is 2.17 bits per heavy atom. The number of carbonyl (C=O) groups is 1. The number of rotatable bonds is 4. The molecule has 1 aliphatic rings. The largest absolute Gasteiger partial charge is 0.464 e. The van der Waals surface area contributed by atoms with Crippen molar-refractivity contribution in [2.24, 2.45) is 0 Å². The third-order valence-corrected chi connectivity index (χ3v) is 5.58. The Kier molecular flexibility index (Phi) is 5.23. The second-order valence-corrected chi connectivity index (χ2v) is 7.16. The van der Waals surface area contributed by atoms with Gasteiger partial charge in [0.15, 0.2) is 0 Å². The van der Waals surface area contributed by atoms with Crippen molar-refractivity contribution in [3.63, 3.8) is 0 Å². The Morgan fingerprint density at radius 1 is 1.33 bits per heavy atom. The van der Waals surface area contributed by atoms with E-state index < -0.39 is 0 Å².